The van der Waals surface area contributed by atoms with Crippen molar-refractivity contribution in [3.05, 3.63) is 23.1 Å². The summed E-state index contributed by atoms with van der Waals surface area (Å²) < 4.78 is 18.3. The van der Waals surface area contributed by atoms with Crippen molar-refractivity contribution in [1.29, 1.82) is 0 Å². The number of hydrogen-bond donors (Lipinski definition) is 0. The maximum absolute atomic E-state index is 13.1. The van der Waals surface area contributed by atoms with Crippen molar-refractivity contribution in [1.82, 2.24) is 4.98 Å². The lowest BCUT2D eigenvalue weighted by Gasteiger charge is -2.11. The Balaban J connectivity index is 2.77. The Hall–Kier alpha value is -0.830. The molecule has 1 aromatic rings. The first-order valence-electron chi connectivity index (χ1n) is 4.11. The lowest BCUT2D eigenvalue weighted by atomic mass is 10.3. The fraction of sp³-hybridized carbons (Fsp3) is 0.444. The molecule has 1 unspecified atom stereocenters. The molecule has 0 saturated carbocycles. The van der Waals surface area contributed by atoms with Crippen LogP contribution in [0.1, 0.15) is 20.3 Å². The van der Waals surface area contributed by atoms with Crippen LogP contribution in [0.15, 0.2) is 12.3 Å². The van der Waals surface area contributed by atoms with Crippen LogP contribution in [0.4, 0.5) is 4.39 Å². The molecule has 0 saturated heterocycles. The second-order valence-electron chi connectivity index (χ2n) is 2.78. The predicted octanol–water partition coefficient (Wildman–Crippen LogP) is 3.05. The first-order valence-corrected chi connectivity index (χ1v) is 4.49. The fourth-order valence-electron chi connectivity index (χ4n) is 0.763. The molecule has 1 heterocycles. The minimum atomic E-state index is -0.521. The Bertz CT molecular complexity index is 293. The van der Waals surface area contributed by atoms with Crippen LogP contribution in [-0.2, 0) is 0 Å². The van der Waals surface area contributed by atoms with Crippen LogP contribution >= 0.6 is 11.6 Å². The van der Waals surface area contributed by atoms with Gasteiger partial charge in [-0.1, -0.05) is 18.5 Å². The normalized spacial score (nSPS) is 12.6. The summed E-state index contributed by atoms with van der Waals surface area (Å²) in [6, 6.07) is 1.19. The fourth-order valence-corrected chi connectivity index (χ4v) is 0.907. The smallest absolute Gasteiger partial charge is 0.250 e. The van der Waals surface area contributed by atoms with Gasteiger partial charge in [0.2, 0.25) is 0 Å². The maximum Gasteiger partial charge on any atom is 0.250 e. The van der Waals surface area contributed by atoms with E-state index in [0.717, 1.165) is 6.42 Å². The topological polar surface area (TPSA) is 22.1 Å². The van der Waals surface area contributed by atoms with Gasteiger partial charge in [-0.2, -0.15) is 0 Å². The van der Waals surface area contributed by atoms with Crippen LogP contribution in [0, 0.1) is 5.82 Å². The molecule has 2 nitrogen and oxygen atoms in total. The van der Waals surface area contributed by atoms with Gasteiger partial charge in [0.05, 0.1) is 11.1 Å². The van der Waals surface area contributed by atoms with Crippen molar-refractivity contribution in [2.75, 3.05) is 0 Å². The van der Waals surface area contributed by atoms with Crippen LogP contribution in [0.3, 0.4) is 0 Å². The summed E-state index contributed by atoms with van der Waals surface area (Å²) in [4.78, 5) is 3.74. The molecule has 1 rings (SSSR count). The molecule has 13 heavy (non-hydrogen) atoms. The monoisotopic (exact) mass is 203 g/mol. The van der Waals surface area contributed by atoms with Gasteiger partial charge < -0.3 is 4.74 Å². The number of rotatable bonds is 3. The molecule has 0 radical (unpaired) electrons. The highest BCUT2D eigenvalue weighted by Crippen LogP contribution is 2.18. The highest BCUT2D eigenvalue weighted by atomic mass is 35.5. The first kappa shape index (κ1) is 10.3. The van der Waals surface area contributed by atoms with Gasteiger partial charge in [-0.25, -0.2) is 9.37 Å². The quantitative estimate of drug-likeness (QED) is 0.753. The van der Waals surface area contributed by atoms with Gasteiger partial charge in [0.15, 0.2) is 5.82 Å². The Morgan fingerprint density at radius 3 is 2.92 bits per heavy atom. The van der Waals surface area contributed by atoms with Gasteiger partial charge in [-0.15, -0.1) is 0 Å². The number of pyridine rings is 1. The van der Waals surface area contributed by atoms with E-state index in [-0.39, 0.29) is 17.0 Å². The van der Waals surface area contributed by atoms with Gasteiger partial charge >= 0.3 is 0 Å². The van der Waals surface area contributed by atoms with Crippen LogP contribution in [0.25, 0.3) is 0 Å². The zero-order valence-electron chi connectivity index (χ0n) is 7.55. The SMILES string of the molecule is CCC(C)Oc1ncc(Cl)cc1F. The van der Waals surface area contributed by atoms with E-state index in [0.29, 0.717) is 0 Å². The maximum atomic E-state index is 13.1. The summed E-state index contributed by atoms with van der Waals surface area (Å²) in [5.41, 5.74) is 0. The lowest BCUT2D eigenvalue weighted by Crippen LogP contribution is -2.11. The second kappa shape index (κ2) is 4.42. The molecule has 0 fully saturated rings. The van der Waals surface area contributed by atoms with E-state index in [4.69, 9.17) is 16.3 Å². The third-order valence-corrected chi connectivity index (χ3v) is 1.87. The number of aromatic nitrogens is 1. The Morgan fingerprint density at radius 1 is 1.69 bits per heavy atom. The summed E-state index contributed by atoms with van der Waals surface area (Å²) in [5.74, 6) is -0.508. The predicted molar refractivity (Wildman–Crippen MR) is 49.6 cm³/mol. The third kappa shape index (κ3) is 2.84. The zero-order chi connectivity index (χ0) is 9.84. The van der Waals surface area contributed by atoms with Gasteiger partial charge in [-0.05, 0) is 19.4 Å². The molecule has 0 N–H and O–H groups in total. The van der Waals surface area contributed by atoms with Crippen molar-refractivity contribution in [3.63, 3.8) is 0 Å². The molecule has 1 aromatic heterocycles. The van der Waals surface area contributed by atoms with Crippen LogP contribution in [0.5, 0.6) is 5.88 Å². The largest absolute Gasteiger partial charge is 0.473 e. The molecule has 0 aliphatic rings. The average Bonchev–Trinajstić information content (AvgIpc) is 2.09. The van der Waals surface area contributed by atoms with E-state index in [1.165, 1.54) is 12.3 Å². The van der Waals surface area contributed by atoms with E-state index < -0.39 is 5.82 Å². The van der Waals surface area contributed by atoms with Gasteiger partial charge in [-0.3, -0.25) is 0 Å². The third-order valence-electron chi connectivity index (χ3n) is 1.66. The van der Waals surface area contributed by atoms with E-state index in [1.807, 2.05) is 13.8 Å². The summed E-state index contributed by atoms with van der Waals surface area (Å²) in [6.07, 6.45) is 2.13. The van der Waals surface area contributed by atoms with Gasteiger partial charge in [0, 0.05) is 6.20 Å². The number of ether oxygens (including phenoxy) is 1. The molecule has 72 valence electrons. The minimum absolute atomic E-state index is 0.0127. The van der Waals surface area contributed by atoms with Crippen molar-refractivity contribution < 1.29 is 9.13 Å². The van der Waals surface area contributed by atoms with Crippen LogP contribution < -0.4 is 4.74 Å². The average molecular weight is 204 g/mol. The van der Waals surface area contributed by atoms with E-state index >= 15 is 0 Å². The van der Waals surface area contributed by atoms with E-state index in [2.05, 4.69) is 4.98 Å². The zero-order valence-corrected chi connectivity index (χ0v) is 8.31. The molecular formula is C9H11ClFNO. The van der Waals surface area contributed by atoms with Gasteiger partial charge in [0.25, 0.3) is 5.88 Å². The van der Waals surface area contributed by atoms with Crippen molar-refractivity contribution in [2.24, 2.45) is 0 Å². The molecular weight excluding hydrogens is 193 g/mol. The van der Waals surface area contributed by atoms with Crippen LogP contribution in [-0.4, -0.2) is 11.1 Å². The summed E-state index contributed by atoms with van der Waals surface area (Å²) >= 11 is 5.53. The minimum Gasteiger partial charge on any atom is -0.473 e. The Labute approximate surface area is 81.7 Å². The van der Waals surface area contributed by atoms with Crippen molar-refractivity contribution in [3.8, 4) is 5.88 Å². The summed E-state index contributed by atoms with van der Waals surface area (Å²) in [5, 5.41) is 0.272. The standard InChI is InChI=1S/C9H11ClFNO/c1-3-6(2)13-9-8(11)4-7(10)5-12-9/h4-6H,3H2,1-2H3. The van der Waals surface area contributed by atoms with Crippen molar-refractivity contribution in [2.45, 2.75) is 26.4 Å². The van der Waals surface area contributed by atoms with Crippen LogP contribution in [0.2, 0.25) is 5.02 Å². The number of nitrogens with zero attached hydrogens (tertiary/aromatic N) is 1. The molecule has 0 amide bonds. The molecule has 4 heteroatoms. The Morgan fingerprint density at radius 2 is 2.38 bits per heavy atom. The molecule has 0 aromatic carbocycles. The highest BCUT2D eigenvalue weighted by Gasteiger charge is 2.08. The first-order chi connectivity index (χ1) is 6.13. The highest BCUT2D eigenvalue weighted by molar-refractivity contribution is 6.30. The summed E-state index contributed by atoms with van der Waals surface area (Å²) in [6.45, 7) is 3.81. The second-order valence-corrected chi connectivity index (χ2v) is 3.21. The molecule has 1 atom stereocenters. The van der Waals surface area contributed by atoms with Crippen molar-refractivity contribution >= 4 is 11.6 Å². The molecule has 0 aliphatic heterocycles. The molecule has 0 spiro atoms. The lowest BCUT2D eigenvalue weighted by molar-refractivity contribution is 0.198. The van der Waals surface area contributed by atoms with E-state index in [9.17, 15) is 4.39 Å². The summed E-state index contributed by atoms with van der Waals surface area (Å²) in [7, 11) is 0. The molecule has 0 aliphatic carbocycles. The number of hydrogen-bond acceptors (Lipinski definition) is 2. The Kier molecular flexibility index (Phi) is 3.48. The molecule has 0 bridgehead atoms. The number of halogens is 2. The van der Waals surface area contributed by atoms with E-state index in [1.54, 1.807) is 0 Å². The van der Waals surface area contributed by atoms with Gasteiger partial charge in [0.1, 0.15) is 0 Å².